The van der Waals surface area contributed by atoms with Crippen molar-refractivity contribution < 1.29 is 5.11 Å². The van der Waals surface area contributed by atoms with Gasteiger partial charge < -0.3 is 10.0 Å². The molecule has 1 saturated carbocycles. The number of hydrogen-bond acceptors (Lipinski definition) is 3. The van der Waals surface area contributed by atoms with Crippen LogP contribution in [0.5, 0.6) is 0 Å². The third-order valence-corrected chi connectivity index (χ3v) is 5.74. The second-order valence-corrected chi connectivity index (χ2v) is 7.09. The van der Waals surface area contributed by atoms with Crippen LogP contribution in [0.3, 0.4) is 0 Å². The first-order chi connectivity index (χ1) is 10.0. The fourth-order valence-electron chi connectivity index (χ4n) is 3.81. The number of nitrogens with zero attached hydrogens (tertiary/aromatic N) is 2. The first kappa shape index (κ1) is 15.3. The Morgan fingerprint density at radius 2 is 1.81 bits per heavy atom. The second kappa shape index (κ2) is 5.88. The van der Waals surface area contributed by atoms with Gasteiger partial charge in [0.05, 0.1) is 5.60 Å². The summed E-state index contributed by atoms with van der Waals surface area (Å²) < 4.78 is 0. The van der Waals surface area contributed by atoms with Crippen LogP contribution in [0, 0.1) is 5.92 Å². The summed E-state index contributed by atoms with van der Waals surface area (Å²) in [5, 5.41) is 11.8. The summed E-state index contributed by atoms with van der Waals surface area (Å²) in [4.78, 5) is 4.90. The van der Waals surface area contributed by atoms with Crippen LogP contribution in [0.15, 0.2) is 24.3 Å². The number of aliphatic hydroxyl groups is 1. The maximum absolute atomic E-state index is 11.1. The molecule has 2 fully saturated rings. The van der Waals surface area contributed by atoms with Crippen LogP contribution in [-0.4, -0.2) is 54.2 Å². The number of halogens is 1. The topological polar surface area (TPSA) is 26.7 Å². The molecule has 1 saturated heterocycles. The van der Waals surface area contributed by atoms with Gasteiger partial charge in [0.15, 0.2) is 0 Å². The molecule has 3 nitrogen and oxygen atoms in total. The highest BCUT2D eigenvalue weighted by Crippen LogP contribution is 2.49. The fourth-order valence-corrected chi connectivity index (χ4v) is 3.93. The first-order valence-corrected chi connectivity index (χ1v) is 8.29. The summed E-state index contributed by atoms with van der Waals surface area (Å²) in [6.07, 6.45) is 1.96. The quantitative estimate of drug-likeness (QED) is 0.930. The maximum atomic E-state index is 11.1. The van der Waals surface area contributed by atoms with E-state index in [4.69, 9.17) is 11.6 Å². The summed E-state index contributed by atoms with van der Waals surface area (Å²) in [7, 11) is 2.18. The molecule has 0 spiro atoms. The molecule has 1 N–H and O–H groups in total. The van der Waals surface area contributed by atoms with E-state index < -0.39 is 5.60 Å². The average molecular weight is 309 g/mol. The van der Waals surface area contributed by atoms with E-state index in [0.29, 0.717) is 12.0 Å². The number of piperazine rings is 1. The number of rotatable bonds is 3. The highest BCUT2D eigenvalue weighted by molar-refractivity contribution is 6.30. The molecule has 4 heteroatoms. The molecule has 0 aromatic heterocycles. The molecule has 1 aromatic rings. The smallest absolute Gasteiger partial charge is 0.0939 e. The molecule has 0 bridgehead atoms. The Balaban J connectivity index is 1.72. The normalized spacial score (nSPS) is 32.7. The Labute approximate surface area is 132 Å². The van der Waals surface area contributed by atoms with E-state index in [1.165, 1.54) is 0 Å². The molecule has 1 aliphatic carbocycles. The molecule has 1 heterocycles. The molecule has 21 heavy (non-hydrogen) atoms. The van der Waals surface area contributed by atoms with Crippen molar-refractivity contribution in [2.45, 2.75) is 31.4 Å². The predicted molar refractivity (Wildman–Crippen MR) is 86.6 cm³/mol. The van der Waals surface area contributed by atoms with Gasteiger partial charge >= 0.3 is 0 Å². The number of hydrogen-bond donors (Lipinski definition) is 1. The lowest BCUT2D eigenvalue weighted by Crippen LogP contribution is -2.57. The van der Waals surface area contributed by atoms with Crippen LogP contribution >= 0.6 is 11.6 Å². The third kappa shape index (κ3) is 2.85. The van der Waals surface area contributed by atoms with Crippen LogP contribution in [0.25, 0.3) is 0 Å². The van der Waals surface area contributed by atoms with Gasteiger partial charge in [0.1, 0.15) is 0 Å². The molecule has 0 radical (unpaired) electrons. The standard InChI is InChI=1S/C17H25ClN2O/c1-13(20-11-9-19(2)10-12-20)16-7-8-17(16,21)14-3-5-15(18)6-4-14/h3-6,13,16,21H,7-12H2,1-2H3. The Morgan fingerprint density at radius 1 is 1.19 bits per heavy atom. The van der Waals surface area contributed by atoms with Crippen LogP contribution in [0.1, 0.15) is 25.3 Å². The zero-order chi connectivity index (χ0) is 15.0. The fraction of sp³-hybridized carbons (Fsp3) is 0.647. The lowest BCUT2D eigenvalue weighted by atomic mass is 9.62. The van der Waals surface area contributed by atoms with Gasteiger partial charge in [0, 0.05) is 43.2 Å². The Hall–Kier alpha value is -0.610. The van der Waals surface area contributed by atoms with Gasteiger partial charge in [0.25, 0.3) is 0 Å². The molecule has 2 aliphatic rings. The Kier molecular flexibility index (Phi) is 4.28. The van der Waals surface area contributed by atoms with E-state index in [1.807, 2.05) is 24.3 Å². The molecule has 3 unspecified atom stereocenters. The molecule has 116 valence electrons. The van der Waals surface area contributed by atoms with Gasteiger partial charge in [-0.25, -0.2) is 0 Å². The first-order valence-electron chi connectivity index (χ1n) is 7.92. The van der Waals surface area contributed by atoms with Gasteiger partial charge in [-0.15, -0.1) is 0 Å². The average Bonchev–Trinajstić information content (AvgIpc) is 2.47. The van der Waals surface area contributed by atoms with Crippen LogP contribution in [0.2, 0.25) is 5.02 Å². The van der Waals surface area contributed by atoms with Crippen molar-refractivity contribution in [3.8, 4) is 0 Å². The third-order valence-electron chi connectivity index (χ3n) is 5.49. The predicted octanol–water partition coefficient (Wildman–Crippen LogP) is 2.57. The minimum Gasteiger partial charge on any atom is -0.385 e. The van der Waals surface area contributed by atoms with Crippen LogP contribution < -0.4 is 0 Å². The summed E-state index contributed by atoms with van der Waals surface area (Å²) in [6.45, 7) is 6.72. The summed E-state index contributed by atoms with van der Waals surface area (Å²) in [5.41, 5.74) is 0.344. The molecule has 1 aromatic carbocycles. The van der Waals surface area contributed by atoms with Crippen molar-refractivity contribution in [1.82, 2.24) is 9.80 Å². The Bertz CT molecular complexity index is 484. The minimum absolute atomic E-state index is 0.321. The molecular weight excluding hydrogens is 284 g/mol. The molecule has 3 atom stereocenters. The SMILES string of the molecule is CC(C1CCC1(O)c1ccc(Cl)cc1)N1CCN(C)CC1. The molecule has 1 aliphatic heterocycles. The summed E-state index contributed by atoms with van der Waals surface area (Å²) >= 11 is 5.96. The zero-order valence-electron chi connectivity index (χ0n) is 12.9. The van der Waals surface area contributed by atoms with Gasteiger partial charge in [-0.2, -0.15) is 0 Å². The highest BCUT2D eigenvalue weighted by Gasteiger charge is 2.50. The lowest BCUT2D eigenvalue weighted by Gasteiger charge is -2.52. The maximum Gasteiger partial charge on any atom is 0.0939 e. The van der Waals surface area contributed by atoms with Crippen LogP contribution in [0.4, 0.5) is 0 Å². The molecular formula is C17H25ClN2O. The monoisotopic (exact) mass is 308 g/mol. The molecule has 0 amide bonds. The van der Waals surface area contributed by atoms with E-state index in [9.17, 15) is 5.11 Å². The van der Waals surface area contributed by atoms with Crippen molar-refractivity contribution in [1.29, 1.82) is 0 Å². The second-order valence-electron chi connectivity index (χ2n) is 6.66. The number of benzene rings is 1. The van der Waals surface area contributed by atoms with E-state index in [0.717, 1.165) is 49.6 Å². The van der Waals surface area contributed by atoms with E-state index >= 15 is 0 Å². The lowest BCUT2D eigenvalue weighted by molar-refractivity contribution is -0.133. The van der Waals surface area contributed by atoms with Crippen molar-refractivity contribution in [2.75, 3.05) is 33.2 Å². The van der Waals surface area contributed by atoms with E-state index in [1.54, 1.807) is 0 Å². The van der Waals surface area contributed by atoms with Crippen molar-refractivity contribution in [3.05, 3.63) is 34.9 Å². The van der Waals surface area contributed by atoms with Gasteiger partial charge in [0.2, 0.25) is 0 Å². The van der Waals surface area contributed by atoms with Gasteiger partial charge in [-0.3, -0.25) is 4.90 Å². The largest absolute Gasteiger partial charge is 0.385 e. The van der Waals surface area contributed by atoms with E-state index in [-0.39, 0.29) is 0 Å². The van der Waals surface area contributed by atoms with Gasteiger partial charge in [-0.1, -0.05) is 23.7 Å². The van der Waals surface area contributed by atoms with Crippen molar-refractivity contribution in [3.63, 3.8) is 0 Å². The van der Waals surface area contributed by atoms with E-state index in [2.05, 4.69) is 23.8 Å². The summed E-state index contributed by atoms with van der Waals surface area (Å²) in [5.74, 6) is 0.321. The van der Waals surface area contributed by atoms with Crippen molar-refractivity contribution in [2.24, 2.45) is 5.92 Å². The minimum atomic E-state index is -0.673. The number of likely N-dealkylation sites (N-methyl/N-ethyl adjacent to an activating group) is 1. The van der Waals surface area contributed by atoms with Crippen LogP contribution in [-0.2, 0) is 5.60 Å². The van der Waals surface area contributed by atoms with Gasteiger partial charge in [-0.05, 0) is 44.5 Å². The highest BCUT2D eigenvalue weighted by atomic mass is 35.5. The molecule has 3 rings (SSSR count). The van der Waals surface area contributed by atoms with Crippen molar-refractivity contribution >= 4 is 11.6 Å². The summed E-state index contributed by atoms with van der Waals surface area (Å²) in [6, 6.07) is 8.14. The Morgan fingerprint density at radius 3 is 2.33 bits per heavy atom. The zero-order valence-corrected chi connectivity index (χ0v) is 13.7.